The molecule has 0 saturated heterocycles. The van der Waals surface area contributed by atoms with Gasteiger partial charge in [0.15, 0.2) is 0 Å². The van der Waals surface area contributed by atoms with Gasteiger partial charge in [0.2, 0.25) is 0 Å². The predicted octanol–water partition coefficient (Wildman–Crippen LogP) is 3.87. The molecular formula is C21H27NO4S. The highest BCUT2D eigenvalue weighted by atomic mass is 32.2. The lowest BCUT2D eigenvalue weighted by Gasteiger charge is -2.28. The van der Waals surface area contributed by atoms with Gasteiger partial charge in [-0.3, -0.25) is 9.10 Å². The zero-order chi connectivity index (χ0) is 20.2. The van der Waals surface area contributed by atoms with Crippen LogP contribution in [-0.2, 0) is 26.0 Å². The number of rotatable bonds is 7. The van der Waals surface area contributed by atoms with E-state index >= 15 is 0 Å². The minimum atomic E-state index is -3.72. The molecule has 5 nitrogen and oxygen atoms in total. The number of anilines is 1. The van der Waals surface area contributed by atoms with Crippen molar-refractivity contribution in [2.45, 2.75) is 39.0 Å². The number of hydrogen-bond acceptors (Lipinski definition) is 4. The number of sulfonamides is 1. The van der Waals surface area contributed by atoms with Gasteiger partial charge < -0.3 is 4.74 Å². The van der Waals surface area contributed by atoms with Gasteiger partial charge in [-0.2, -0.15) is 0 Å². The molecular weight excluding hydrogens is 362 g/mol. The molecule has 2 rings (SSSR count). The maximum atomic E-state index is 13.3. The molecule has 27 heavy (non-hydrogen) atoms. The Kier molecular flexibility index (Phi) is 6.65. The Bertz CT molecular complexity index is 902. The third-order valence-electron chi connectivity index (χ3n) is 4.24. The van der Waals surface area contributed by atoms with E-state index < -0.39 is 10.0 Å². The number of aryl methyl sites for hydroxylation is 2. The van der Waals surface area contributed by atoms with Crippen LogP contribution in [0.4, 0.5) is 5.69 Å². The molecule has 0 radical (unpaired) electrons. The monoisotopic (exact) mass is 389 g/mol. The first-order valence-corrected chi connectivity index (χ1v) is 10.3. The topological polar surface area (TPSA) is 63.7 Å². The molecule has 0 amide bonds. The number of nitrogens with zero attached hydrogens (tertiary/aromatic N) is 1. The Balaban J connectivity index is 2.43. The normalized spacial score (nSPS) is 11.5. The lowest BCUT2D eigenvalue weighted by Crippen LogP contribution is -2.34. The second-order valence-electron chi connectivity index (χ2n) is 7.12. The summed E-state index contributed by atoms with van der Waals surface area (Å²) >= 11 is 0. The average molecular weight is 390 g/mol. The summed E-state index contributed by atoms with van der Waals surface area (Å²) in [6.07, 6.45) is 0.115. The molecule has 0 aliphatic carbocycles. The summed E-state index contributed by atoms with van der Waals surface area (Å²) in [6.45, 7) is 8.27. The fourth-order valence-electron chi connectivity index (χ4n) is 2.89. The van der Waals surface area contributed by atoms with Gasteiger partial charge in [0.05, 0.1) is 24.1 Å². The molecule has 0 fully saturated rings. The Labute approximate surface area is 162 Å². The summed E-state index contributed by atoms with van der Waals surface area (Å²) in [7, 11) is -2.39. The van der Waals surface area contributed by atoms with E-state index in [1.165, 1.54) is 11.4 Å². The fraction of sp³-hybridized carbons (Fsp3) is 0.381. The third kappa shape index (κ3) is 5.10. The Morgan fingerprint density at radius 1 is 1.07 bits per heavy atom. The average Bonchev–Trinajstić information content (AvgIpc) is 2.60. The zero-order valence-electron chi connectivity index (χ0n) is 16.5. The van der Waals surface area contributed by atoms with Crippen LogP contribution in [0.1, 0.15) is 30.5 Å². The van der Waals surface area contributed by atoms with E-state index in [2.05, 4.69) is 4.74 Å². The summed E-state index contributed by atoms with van der Waals surface area (Å²) in [5.41, 5.74) is 3.41. The van der Waals surface area contributed by atoms with E-state index in [9.17, 15) is 13.2 Å². The van der Waals surface area contributed by atoms with Gasteiger partial charge in [-0.1, -0.05) is 43.7 Å². The highest BCUT2D eigenvalue weighted by molar-refractivity contribution is 7.92. The molecule has 2 aromatic rings. The molecule has 0 aliphatic heterocycles. The van der Waals surface area contributed by atoms with Gasteiger partial charge in [0.1, 0.15) is 0 Å². The predicted molar refractivity (Wildman–Crippen MR) is 107 cm³/mol. The van der Waals surface area contributed by atoms with E-state index in [4.69, 9.17) is 0 Å². The molecule has 0 aliphatic rings. The van der Waals surface area contributed by atoms with Crippen molar-refractivity contribution in [1.29, 1.82) is 0 Å². The largest absolute Gasteiger partial charge is 0.469 e. The van der Waals surface area contributed by atoms with Gasteiger partial charge in [0, 0.05) is 6.54 Å². The van der Waals surface area contributed by atoms with Crippen LogP contribution >= 0.6 is 0 Å². The number of esters is 1. The summed E-state index contributed by atoms with van der Waals surface area (Å²) in [4.78, 5) is 11.6. The summed E-state index contributed by atoms with van der Waals surface area (Å²) in [6, 6.07) is 12.2. The molecule has 0 atom stereocenters. The third-order valence-corrected chi connectivity index (χ3v) is 6.03. The fourth-order valence-corrected chi connectivity index (χ4v) is 4.58. The molecule has 2 aromatic carbocycles. The number of methoxy groups -OCH3 is 1. The van der Waals surface area contributed by atoms with Crippen LogP contribution in [0.5, 0.6) is 0 Å². The van der Waals surface area contributed by atoms with E-state index in [1.54, 1.807) is 24.3 Å². The molecule has 0 saturated carbocycles. The number of benzene rings is 2. The minimum Gasteiger partial charge on any atom is -0.469 e. The zero-order valence-corrected chi connectivity index (χ0v) is 17.3. The van der Waals surface area contributed by atoms with Crippen molar-refractivity contribution < 1.29 is 17.9 Å². The first-order chi connectivity index (χ1) is 12.6. The van der Waals surface area contributed by atoms with E-state index in [-0.39, 0.29) is 23.2 Å². The highest BCUT2D eigenvalue weighted by Crippen LogP contribution is 2.28. The molecule has 0 heterocycles. The Hall–Kier alpha value is -2.34. The van der Waals surface area contributed by atoms with Crippen molar-refractivity contribution in [3.63, 3.8) is 0 Å². The van der Waals surface area contributed by atoms with E-state index in [1.807, 2.05) is 45.9 Å². The van der Waals surface area contributed by atoms with Crippen LogP contribution in [0.15, 0.2) is 47.4 Å². The van der Waals surface area contributed by atoms with Crippen LogP contribution in [0.2, 0.25) is 0 Å². The smallest absolute Gasteiger partial charge is 0.309 e. The van der Waals surface area contributed by atoms with Crippen molar-refractivity contribution in [3.8, 4) is 0 Å². The SMILES string of the molecule is COC(=O)Cc1ccc(S(=O)(=O)N(CC(C)C)c2ccc(C)cc2C)cc1. The van der Waals surface area contributed by atoms with Gasteiger partial charge in [-0.25, -0.2) is 8.42 Å². The second kappa shape index (κ2) is 8.57. The van der Waals surface area contributed by atoms with Gasteiger partial charge >= 0.3 is 5.97 Å². The highest BCUT2D eigenvalue weighted by Gasteiger charge is 2.26. The maximum absolute atomic E-state index is 13.3. The van der Waals surface area contributed by atoms with Crippen LogP contribution in [0.25, 0.3) is 0 Å². The van der Waals surface area contributed by atoms with Crippen LogP contribution < -0.4 is 4.31 Å². The molecule has 0 bridgehead atoms. The van der Waals surface area contributed by atoms with Crippen LogP contribution in [-0.4, -0.2) is 28.0 Å². The van der Waals surface area contributed by atoms with E-state index in [0.29, 0.717) is 17.8 Å². The molecule has 6 heteroatoms. The lowest BCUT2D eigenvalue weighted by molar-refractivity contribution is -0.139. The van der Waals surface area contributed by atoms with Gasteiger partial charge in [0.25, 0.3) is 10.0 Å². The number of carbonyl (C=O) groups excluding carboxylic acids is 1. The van der Waals surface area contributed by atoms with Crippen LogP contribution in [0.3, 0.4) is 0 Å². The van der Waals surface area contributed by atoms with Crippen LogP contribution in [0, 0.1) is 19.8 Å². The molecule has 0 aromatic heterocycles. The first-order valence-electron chi connectivity index (χ1n) is 8.91. The quantitative estimate of drug-likeness (QED) is 0.675. The summed E-state index contributed by atoms with van der Waals surface area (Å²) in [5, 5.41) is 0. The Morgan fingerprint density at radius 2 is 1.70 bits per heavy atom. The standard InChI is InChI=1S/C21H27NO4S/c1-15(2)14-22(20-11-6-16(3)12-17(20)4)27(24,25)19-9-7-18(8-10-19)13-21(23)26-5/h6-12,15H,13-14H2,1-5H3. The van der Waals surface area contributed by atoms with Gasteiger partial charge in [-0.15, -0.1) is 0 Å². The molecule has 0 N–H and O–H groups in total. The minimum absolute atomic E-state index is 0.115. The molecule has 0 spiro atoms. The summed E-state index contributed by atoms with van der Waals surface area (Å²) < 4.78 is 32.8. The lowest BCUT2D eigenvalue weighted by atomic mass is 10.1. The number of ether oxygens (including phenoxy) is 1. The number of carbonyl (C=O) groups is 1. The van der Waals surface area contributed by atoms with Crippen molar-refractivity contribution in [2.24, 2.45) is 5.92 Å². The Morgan fingerprint density at radius 3 is 2.22 bits per heavy atom. The van der Waals surface area contributed by atoms with Gasteiger partial charge in [-0.05, 0) is 49.1 Å². The maximum Gasteiger partial charge on any atom is 0.309 e. The number of hydrogen-bond donors (Lipinski definition) is 0. The second-order valence-corrected chi connectivity index (χ2v) is 8.98. The summed E-state index contributed by atoms with van der Waals surface area (Å²) in [5.74, 6) is -0.193. The molecule has 0 unspecified atom stereocenters. The first kappa shape index (κ1) is 21.0. The molecule has 146 valence electrons. The van der Waals surface area contributed by atoms with Crippen molar-refractivity contribution in [3.05, 3.63) is 59.2 Å². The van der Waals surface area contributed by atoms with Crippen molar-refractivity contribution >= 4 is 21.7 Å². The van der Waals surface area contributed by atoms with E-state index in [0.717, 1.165) is 11.1 Å². The van der Waals surface area contributed by atoms with Crippen molar-refractivity contribution in [2.75, 3.05) is 18.0 Å². The van der Waals surface area contributed by atoms with Crippen molar-refractivity contribution in [1.82, 2.24) is 0 Å².